The highest BCUT2D eigenvalue weighted by Crippen LogP contribution is 2.13. The zero-order valence-electron chi connectivity index (χ0n) is 21.3. The molecule has 0 saturated heterocycles. The van der Waals surface area contributed by atoms with E-state index in [1.807, 2.05) is 0 Å². The average Bonchev–Trinajstić information content (AvgIpc) is 2.82. The molecule has 1 atom stereocenters. The Bertz CT molecular complexity index is 684. The summed E-state index contributed by atoms with van der Waals surface area (Å²) >= 11 is 0. The molecule has 0 radical (unpaired) electrons. The maximum Gasteiger partial charge on any atom is 0.326 e. The Kier molecular flexibility index (Phi) is 17.6. The number of hydrogen-bond donors (Lipinski definition) is 3. The molecule has 3 N–H and O–H groups in total. The standard InChI is InChI=1S/C29H47NO4/c1-2-3-4-5-6-7-8-9-10-11-12-13-14-15-16-17-18-19-28(32)30-27(29(33)34)24-25-20-22-26(31)23-21-25/h9-10,20-23,27,31H,2-8,11-19,24H2,1H3,(H,30,32)(H,33,34)/t27-/m1/s1. The van der Waals surface area contributed by atoms with Crippen molar-refractivity contribution in [2.24, 2.45) is 0 Å². The highest BCUT2D eigenvalue weighted by molar-refractivity contribution is 5.83. The van der Waals surface area contributed by atoms with Crippen LogP contribution in [-0.2, 0) is 16.0 Å². The molecule has 0 fully saturated rings. The van der Waals surface area contributed by atoms with E-state index < -0.39 is 12.0 Å². The minimum absolute atomic E-state index is 0.135. The van der Waals surface area contributed by atoms with Crippen molar-refractivity contribution in [3.05, 3.63) is 42.0 Å². The number of carbonyl (C=O) groups is 2. The summed E-state index contributed by atoms with van der Waals surface area (Å²) in [7, 11) is 0. The summed E-state index contributed by atoms with van der Waals surface area (Å²) in [6.07, 6.45) is 23.7. The normalized spacial score (nSPS) is 12.1. The third-order valence-electron chi connectivity index (χ3n) is 6.18. The number of carboxylic acids is 1. The first-order valence-corrected chi connectivity index (χ1v) is 13.5. The van der Waals surface area contributed by atoms with Crippen LogP contribution in [0.3, 0.4) is 0 Å². The van der Waals surface area contributed by atoms with Gasteiger partial charge < -0.3 is 15.5 Å². The van der Waals surface area contributed by atoms with Gasteiger partial charge in [0, 0.05) is 12.8 Å². The molecule has 0 unspecified atom stereocenters. The Morgan fingerprint density at radius 1 is 0.794 bits per heavy atom. The number of rotatable bonds is 21. The predicted molar refractivity (Wildman–Crippen MR) is 140 cm³/mol. The number of unbranched alkanes of at least 4 members (excludes halogenated alkanes) is 13. The Labute approximate surface area is 207 Å². The van der Waals surface area contributed by atoms with Crippen molar-refractivity contribution in [3.63, 3.8) is 0 Å². The van der Waals surface area contributed by atoms with E-state index in [-0.39, 0.29) is 18.1 Å². The van der Waals surface area contributed by atoms with Gasteiger partial charge in [-0.05, 0) is 49.8 Å². The topological polar surface area (TPSA) is 86.6 Å². The first kappa shape index (κ1) is 29.7. The van der Waals surface area contributed by atoms with E-state index >= 15 is 0 Å². The third kappa shape index (κ3) is 16.3. The highest BCUT2D eigenvalue weighted by Gasteiger charge is 2.20. The van der Waals surface area contributed by atoms with Gasteiger partial charge in [0.05, 0.1) is 0 Å². The van der Waals surface area contributed by atoms with Crippen molar-refractivity contribution in [1.82, 2.24) is 5.32 Å². The predicted octanol–water partition coefficient (Wildman–Crippen LogP) is 7.32. The van der Waals surface area contributed by atoms with E-state index in [0.29, 0.717) is 6.42 Å². The maximum absolute atomic E-state index is 12.1. The van der Waals surface area contributed by atoms with Gasteiger partial charge in [0.25, 0.3) is 0 Å². The van der Waals surface area contributed by atoms with Gasteiger partial charge in [-0.25, -0.2) is 4.79 Å². The van der Waals surface area contributed by atoms with E-state index in [1.54, 1.807) is 12.1 Å². The van der Waals surface area contributed by atoms with Crippen molar-refractivity contribution < 1.29 is 19.8 Å². The summed E-state index contributed by atoms with van der Waals surface area (Å²) in [6.45, 7) is 2.26. The second kappa shape index (κ2) is 20.1. The molecule has 0 aromatic heterocycles. The van der Waals surface area contributed by atoms with Crippen LogP contribution < -0.4 is 5.32 Å². The van der Waals surface area contributed by atoms with Crippen LogP contribution in [0.4, 0.5) is 0 Å². The summed E-state index contributed by atoms with van der Waals surface area (Å²) in [5, 5.41) is 21.3. The van der Waals surface area contributed by atoms with Crippen LogP contribution in [-0.4, -0.2) is 28.1 Å². The SMILES string of the molecule is CCCCCCCCC=CCCCCCCCCCC(=O)N[C@H](Cc1ccc(O)cc1)C(=O)O. The quantitative estimate of drug-likeness (QED) is 0.129. The molecule has 1 amide bonds. The molecule has 1 rings (SSSR count). The fourth-order valence-electron chi connectivity index (χ4n) is 4.04. The van der Waals surface area contributed by atoms with Crippen molar-refractivity contribution >= 4 is 11.9 Å². The number of phenolic OH excluding ortho intramolecular Hbond substituents is 1. The zero-order chi connectivity index (χ0) is 24.9. The van der Waals surface area contributed by atoms with Crippen LogP contribution in [0.1, 0.15) is 115 Å². The molecule has 5 heteroatoms. The lowest BCUT2D eigenvalue weighted by Gasteiger charge is -2.14. The molecular weight excluding hydrogens is 426 g/mol. The van der Waals surface area contributed by atoms with Gasteiger partial charge in [-0.15, -0.1) is 0 Å². The second-order valence-corrected chi connectivity index (χ2v) is 9.37. The smallest absolute Gasteiger partial charge is 0.326 e. The highest BCUT2D eigenvalue weighted by atomic mass is 16.4. The Hall–Kier alpha value is -2.30. The monoisotopic (exact) mass is 473 g/mol. The number of aliphatic carboxylic acids is 1. The molecule has 192 valence electrons. The fourth-order valence-corrected chi connectivity index (χ4v) is 4.04. The van der Waals surface area contributed by atoms with Crippen LogP contribution in [0.15, 0.2) is 36.4 Å². The first-order valence-electron chi connectivity index (χ1n) is 13.5. The fraction of sp³-hybridized carbons (Fsp3) is 0.655. The van der Waals surface area contributed by atoms with Crippen molar-refractivity contribution in [3.8, 4) is 5.75 Å². The van der Waals surface area contributed by atoms with Crippen LogP contribution >= 0.6 is 0 Å². The number of amides is 1. The summed E-state index contributed by atoms with van der Waals surface area (Å²) in [4.78, 5) is 23.6. The molecule has 34 heavy (non-hydrogen) atoms. The minimum Gasteiger partial charge on any atom is -0.508 e. The average molecular weight is 474 g/mol. The number of hydrogen-bond acceptors (Lipinski definition) is 3. The van der Waals surface area contributed by atoms with E-state index in [1.165, 1.54) is 89.2 Å². The molecule has 0 aliphatic rings. The van der Waals surface area contributed by atoms with Crippen LogP contribution in [0.2, 0.25) is 0 Å². The molecule has 0 saturated carbocycles. The summed E-state index contributed by atoms with van der Waals surface area (Å²) in [5.41, 5.74) is 0.763. The number of benzene rings is 1. The Morgan fingerprint density at radius 3 is 1.82 bits per heavy atom. The maximum atomic E-state index is 12.1. The van der Waals surface area contributed by atoms with Gasteiger partial charge in [0.15, 0.2) is 0 Å². The zero-order valence-corrected chi connectivity index (χ0v) is 21.3. The summed E-state index contributed by atoms with van der Waals surface area (Å²) in [5.74, 6) is -1.12. The lowest BCUT2D eigenvalue weighted by atomic mass is 10.0. The van der Waals surface area contributed by atoms with Crippen molar-refractivity contribution in [1.29, 1.82) is 0 Å². The Balaban J connectivity index is 1.98. The molecule has 5 nitrogen and oxygen atoms in total. The van der Waals surface area contributed by atoms with Gasteiger partial charge in [-0.3, -0.25) is 4.79 Å². The molecule has 1 aromatic rings. The molecule has 0 aliphatic heterocycles. The number of carbonyl (C=O) groups excluding carboxylic acids is 1. The number of nitrogens with one attached hydrogen (secondary N) is 1. The molecule has 1 aromatic carbocycles. The van der Waals surface area contributed by atoms with Crippen molar-refractivity contribution in [2.45, 2.75) is 122 Å². The molecular formula is C29H47NO4. The number of phenols is 1. The van der Waals surface area contributed by atoms with E-state index in [4.69, 9.17) is 0 Å². The summed E-state index contributed by atoms with van der Waals surface area (Å²) in [6, 6.07) is 5.43. The largest absolute Gasteiger partial charge is 0.508 e. The lowest BCUT2D eigenvalue weighted by Crippen LogP contribution is -2.42. The molecule has 0 bridgehead atoms. The second-order valence-electron chi connectivity index (χ2n) is 9.37. The van der Waals surface area contributed by atoms with Crippen LogP contribution in [0.25, 0.3) is 0 Å². The number of carboxylic acid groups (broad SMARTS) is 1. The lowest BCUT2D eigenvalue weighted by molar-refractivity contribution is -0.141. The van der Waals surface area contributed by atoms with Gasteiger partial charge in [-0.2, -0.15) is 0 Å². The van der Waals surface area contributed by atoms with Gasteiger partial charge in [0.1, 0.15) is 11.8 Å². The molecule has 0 spiro atoms. The molecule has 0 aliphatic carbocycles. The minimum atomic E-state index is -1.04. The first-order chi connectivity index (χ1) is 16.5. The number of allylic oxidation sites excluding steroid dienone is 2. The summed E-state index contributed by atoms with van der Waals surface area (Å²) < 4.78 is 0. The van der Waals surface area contributed by atoms with Gasteiger partial charge in [-0.1, -0.05) is 95.4 Å². The van der Waals surface area contributed by atoms with Crippen molar-refractivity contribution in [2.75, 3.05) is 0 Å². The third-order valence-corrected chi connectivity index (χ3v) is 6.18. The Morgan fingerprint density at radius 2 is 1.29 bits per heavy atom. The van der Waals surface area contributed by atoms with E-state index in [0.717, 1.165) is 24.8 Å². The van der Waals surface area contributed by atoms with Crippen LogP contribution in [0.5, 0.6) is 5.75 Å². The van der Waals surface area contributed by atoms with Gasteiger partial charge >= 0.3 is 5.97 Å². The van der Waals surface area contributed by atoms with Gasteiger partial charge in [0.2, 0.25) is 5.91 Å². The van der Waals surface area contributed by atoms with E-state index in [9.17, 15) is 19.8 Å². The molecule has 0 heterocycles. The van der Waals surface area contributed by atoms with Crippen LogP contribution in [0, 0.1) is 0 Å². The number of aromatic hydroxyl groups is 1. The van der Waals surface area contributed by atoms with E-state index in [2.05, 4.69) is 24.4 Å².